The second-order valence-electron chi connectivity index (χ2n) is 7.77. The molecule has 0 saturated heterocycles. The highest BCUT2D eigenvalue weighted by Crippen LogP contribution is 2.17. The van der Waals surface area contributed by atoms with E-state index in [2.05, 4.69) is 10.6 Å². The molecule has 7 heteroatoms. The number of para-hydroxylation sites is 1. The van der Waals surface area contributed by atoms with Crippen molar-refractivity contribution in [1.29, 1.82) is 0 Å². The summed E-state index contributed by atoms with van der Waals surface area (Å²) < 4.78 is 10.7. The molecule has 0 bridgehead atoms. The number of ether oxygens (including phenoxy) is 2. The smallest absolute Gasteiger partial charge is 0.308 e. The Morgan fingerprint density at radius 2 is 1.68 bits per heavy atom. The van der Waals surface area contributed by atoms with Gasteiger partial charge in [0, 0.05) is 31.1 Å². The number of hydrogen-bond acceptors (Lipinski definition) is 5. The Morgan fingerprint density at radius 3 is 2.41 bits per heavy atom. The van der Waals surface area contributed by atoms with Crippen LogP contribution in [0.4, 0.5) is 5.69 Å². The number of carbonyl (C=O) groups is 3. The van der Waals surface area contributed by atoms with Crippen molar-refractivity contribution < 1.29 is 23.9 Å². The summed E-state index contributed by atoms with van der Waals surface area (Å²) in [6.45, 7) is 4.17. The highest BCUT2D eigenvalue weighted by molar-refractivity contribution is 6.04. The fourth-order valence-corrected chi connectivity index (χ4v) is 3.20. The van der Waals surface area contributed by atoms with E-state index in [9.17, 15) is 14.4 Å². The van der Waals surface area contributed by atoms with Crippen molar-refractivity contribution in [2.24, 2.45) is 0 Å². The number of benzene rings is 3. The third kappa shape index (κ3) is 7.78. The van der Waals surface area contributed by atoms with Crippen LogP contribution in [0.25, 0.3) is 0 Å². The lowest BCUT2D eigenvalue weighted by Crippen LogP contribution is -2.23. The number of amides is 2. The van der Waals surface area contributed by atoms with Gasteiger partial charge < -0.3 is 20.1 Å². The molecule has 0 heterocycles. The van der Waals surface area contributed by atoms with E-state index in [1.165, 1.54) is 13.0 Å². The maximum atomic E-state index is 12.5. The van der Waals surface area contributed by atoms with E-state index >= 15 is 0 Å². The average Bonchev–Trinajstić information content (AvgIpc) is 2.82. The number of aryl methyl sites for hydroxylation is 1. The highest BCUT2D eigenvalue weighted by Gasteiger charge is 2.09. The van der Waals surface area contributed by atoms with E-state index in [4.69, 9.17) is 9.47 Å². The van der Waals surface area contributed by atoms with Gasteiger partial charge in [-0.3, -0.25) is 14.4 Å². The molecule has 3 aromatic rings. The van der Waals surface area contributed by atoms with Crippen molar-refractivity contribution >= 4 is 23.5 Å². The number of esters is 1. The molecule has 0 aliphatic carbocycles. The van der Waals surface area contributed by atoms with Crippen LogP contribution < -0.4 is 20.1 Å². The van der Waals surface area contributed by atoms with Crippen LogP contribution in [0.3, 0.4) is 0 Å². The lowest BCUT2D eigenvalue weighted by molar-refractivity contribution is -0.131. The van der Waals surface area contributed by atoms with Crippen LogP contribution in [0, 0.1) is 6.92 Å². The Hall–Kier alpha value is -4.13. The van der Waals surface area contributed by atoms with Gasteiger partial charge in [-0.05, 0) is 60.9 Å². The third-order valence-electron chi connectivity index (χ3n) is 4.96. The molecule has 0 saturated carbocycles. The average molecular weight is 461 g/mol. The van der Waals surface area contributed by atoms with Gasteiger partial charge in [-0.25, -0.2) is 0 Å². The minimum Gasteiger partial charge on any atom is -0.493 e. The predicted molar refractivity (Wildman–Crippen MR) is 130 cm³/mol. The molecule has 3 rings (SSSR count). The summed E-state index contributed by atoms with van der Waals surface area (Å²) in [4.78, 5) is 35.7. The maximum Gasteiger partial charge on any atom is 0.308 e. The van der Waals surface area contributed by atoms with Gasteiger partial charge in [0.05, 0.1) is 6.61 Å². The summed E-state index contributed by atoms with van der Waals surface area (Å²) in [7, 11) is 0. The number of carbonyl (C=O) groups excluding carboxylic acids is 3. The van der Waals surface area contributed by atoms with Crippen LogP contribution in [0.1, 0.15) is 41.3 Å². The van der Waals surface area contributed by atoms with Gasteiger partial charge >= 0.3 is 5.97 Å². The van der Waals surface area contributed by atoms with Crippen LogP contribution >= 0.6 is 0 Å². The first kappa shape index (κ1) is 24.5. The zero-order valence-corrected chi connectivity index (χ0v) is 19.3. The van der Waals surface area contributed by atoms with Crippen LogP contribution in [0.2, 0.25) is 0 Å². The second kappa shape index (κ2) is 12.2. The van der Waals surface area contributed by atoms with Crippen molar-refractivity contribution in [3.05, 3.63) is 89.5 Å². The molecule has 0 radical (unpaired) electrons. The lowest BCUT2D eigenvalue weighted by atomic mass is 10.1. The van der Waals surface area contributed by atoms with Gasteiger partial charge in [-0.1, -0.05) is 36.4 Å². The van der Waals surface area contributed by atoms with Crippen molar-refractivity contribution in [2.45, 2.75) is 33.2 Å². The topological polar surface area (TPSA) is 93.7 Å². The summed E-state index contributed by atoms with van der Waals surface area (Å²) in [6.07, 6.45) is 1.01. The molecule has 0 fully saturated rings. The van der Waals surface area contributed by atoms with E-state index < -0.39 is 5.97 Å². The van der Waals surface area contributed by atoms with Crippen LogP contribution in [0.5, 0.6) is 11.5 Å². The molecule has 0 spiro atoms. The maximum absolute atomic E-state index is 12.5. The fourth-order valence-electron chi connectivity index (χ4n) is 3.20. The van der Waals surface area contributed by atoms with E-state index in [0.717, 1.165) is 16.9 Å². The molecule has 0 atom stereocenters. The van der Waals surface area contributed by atoms with E-state index in [-0.39, 0.29) is 11.8 Å². The molecular formula is C27H28N2O5. The largest absolute Gasteiger partial charge is 0.493 e. The number of hydrogen-bond donors (Lipinski definition) is 2. The highest BCUT2D eigenvalue weighted by atomic mass is 16.5. The summed E-state index contributed by atoms with van der Waals surface area (Å²) >= 11 is 0. The molecule has 0 aliphatic heterocycles. The van der Waals surface area contributed by atoms with Crippen molar-refractivity contribution in [1.82, 2.24) is 5.32 Å². The van der Waals surface area contributed by atoms with E-state index in [1.54, 1.807) is 30.3 Å². The Labute approximate surface area is 199 Å². The molecule has 7 nitrogen and oxygen atoms in total. The zero-order chi connectivity index (χ0) is 24.3. The minimum atomic E-state index is -0.448. The normalized spacial score (nSPS) is 10.3. The molecule has 176 valence electrons. The molecule has 0 unspecified atom stereocenters. The first-order valence-corrected chi connectivity index (χ1v) is 11.0. The molecule has 0 aliphatic rings. The van der Waals surface area contributed by atoms with Gasteiger partial charge in [-0.2, -0.15) is 0 Å². The van der Waals surface area contributed by atoms with Crippen molar-refractivity contribution in [3.8, 4) is 11.5 Å². The molecule has 2 N–H and O–H groups in total. The van der Waals surface area contributed by atoms with E-state index in [1.807, 2.05) is 43.3 Å². The Bertz CT molecular complexity index is 1140. The number of rotatable bonds is 10. The quantitative estimate of drug-likeness (QED) is 0.261. The standard InChI is InChI=1S/C27H28N2O5/c1-19-7-3-4-10-25(19)33-16-6-11-26(31)28-18-21-12-14-23(15-13-21)29-27(32)22-8-5-9-24(17-22)34-20(2)30/h3-5,7-10,12-15,17H,6,11,16,18H2,1-2H3,(H,28,31)(H,29,32). The van der Waals surface area contributed by atoms with Crippen LogP contribution in [-0.2, 0) is 16.1 Å². The monoisotopic (exact) mass is 460 g/mol. The van der Waals surface area contributed by atoms with Crippen LogP contribution in [0.15, 0.2) is 72.8 Å². The third-order valence-corrected chi connectivity index (χ3v) is 4.96. The zero-order valence-electron chi connectivity index (χ0n) is 19.3. The first-order valence-electron chi connectivity index (χ1n) is 11.0. The summed E-state index contributed by atoms with van der Waals surface area (Å²) in [5, 5.41) is 5.70. The summed E-state index contributed by atoms with van der Waals surface area (Å²) in [5.74, 6) is 0.345. The molecule has 2 amide bonds. The minimum absolute atomic E-state index is 0.0431. The fraction of sp³-hybridized carbons (Fsp3) is 0.222. The molecule has 34 heavy (non-hydrogen) atoms. The van der Waals surface area contributed by atoms with E-state index in [0.29, 0.717) is 43.0 Å². The van der Waals surface area contributed by atoms with Crippen molar-refractivity contribution in [3.63, 3.8) is 0 Å². The van der Waals surface area contributed by atoms with Gasteiger partial charge in [0.2, 0.25) is 5.91 Å². The van der Waals surface area contributed by atoms with Gasteiger partial charge in [0.25, 0.3) is 5.91 Å². The summed E-state index contributed by atoms with van der Waals surface area (Å²) in [6, 6.07) is 21.4. The molecule has 3 aromatic carbocycles. The SMILES string of the molecule is CC(=O)Oc1cccc(C(=O)Nc2ccc(CNC(=O)CCCOc3ccccc3C)cc2)c1. The summed E-state index contributed by atoms with van der Waals surface area (Å²) in [5.41, 5.74) is 2.98. The predicted octanol–water partition coefficient (Wildman–Crippen LogP) is 4.65. The Morgan fingerprint density at radius 1 is 0.912 bits per heavy atom. The Balaban J connectivity index is 1.40. The van der Waals surface area contributed by atoms with Gasteiger partial charge in [0.1, 0.15) is 11.5 Å². The van der Waals surface area contributed by atoms with Crippen LogP contribution in [-0.4, -0.2) is 24.4 Å². The molecule has 0 aromatic heterocycles. The Kier molecular flexibility index (Phi) is 8.80. The van der Waals surface area contributed by atoms with Gasteiger partial charge in [-0.15, -0.1) is 0 Å². The second-order valence-corrected chi connectivity index (χ2v) is 7.77. The first-order chi connectivity index (χ1) is 16.4. The number of nitrogens with one attached hydrogen (secondary N) is 2. The number of anilines is 1. The van der Waals surface area contributed by atoms with Gasteiger partial charge in [0.15, 0.2) is 0 Å². The van der Waals surface area contributed by atoms with Crippen molar-refractivity contribution in [2.75, 3.05) is 11.9 Å². The lowest BCUT2D eigenvalue weighted by Gasteiger charge is -2.10. The molecular weight excluding hydrogens is 432 g/mol.